The maximum absolute atomic E-state index is 6.14. The minimum atomic E-state index is 0.0235. The average molecular weight is 282 g/mol. The SMILES string of the molecule is Cc1ccc(OC(C)c2ccccc2)c(CNC2CC2)n1. The highest BCUT2D eigenvalue weighted by atomic mass is 16.5. The monoisotopic (exact) mass is 282 g/mol. The van der Waals surface area contributed by atoms with Crippen molar-refractivity contribution in [2.75, 3.05) is 0 Å². The van der Waals surface area contributed by atoms with Crippen molar-refractivity contribution in [1.29, 1.82) is 0 Å². The second kappa shape index (κ2) is 6.27. The summed E-state index contributed by atoms with van der Waals surface area (Å²) >= 11 is 0. The minimum absolute atomic E-state index is 0.0235. The Kier molecular flexibility index (Phi) is 4.20. The molecule has 1 heterocycles. The van der Waals surface area contributed by atoms with Crippen molar-refractivity contribution >= 4 is 0 Å². The normalized spacial score (nSPS) is 15.7. The second-order valence-corrected chi connectivity index (χ2v) is 5.72. The summed E-state index contributed by atoms with van der Waals surface area (Å²) in [7, 11) is 0. The zero-order valence-corrected chi connectivity index (χ0v) is 12.7. The first-order valence-corrected chi connectivity index (χ1v) is 7.64. The molecule has 0 spiro atoms. The summed E-state index contributed by atoms with van der Waals surface area (Å²) in [5.74, 6) is 0.880. The van der Waals surface area contributed by atoms with E-state index in [1.807, 2.05) is 37.3 Å². The molecule has 1 unspecified atom stereocenters. The number of rotatable bonds is 6. The number of aromatic nitrogens is 1. The molecule has 1 aliphatic rings. The lowest BCUT2D eigenvalue weighted by atomic mass is 10.1. The highest BCUT2D eigenvalue weighted by Gasteiger charge is 2.21. The molecule has 1 aromatic heterocycles. The van der Waals surface area contributed by atoms with Crippen molar-refractivity contribution in [3.05, 3.63) is 59.4 Å². The maximum atomic E-state index is 6.14. The van der Waals surface area contributed by atoms with Gasteiger partial charge in [-0.25, -0.2) is 0 Å². The number of aryl methyl sites for hydroxylation is 1. The first-order chi connectivity index (χ1) is 10.2. The number of hydrogen-bond acceptors (Lipinski definition) is 3. The van der Waals surface area contributed by atoms with Gasteiger partial charge in [0.1, 0.15) is 11.9 Å². The Hall–Kier alpha value is -1.87. The third-order valence-electron chi connectivity index (χ3n) is 3.78. The van der Waals surface area contributed by atoms with E-state index in [2.05, 4.69) is 29.4 Å². The zero-order valence-electron chi connectivity index (χ0n) is 12.7. The fourth-order valence-electron chi connectivity index (χ4n) is 2.34. The molecule has 3 heteroatoms. The van der Waals surface area contributed by atoms with Gasteiger partial charge in [0.15, 0.2) is 0 Å². The highest BCUT2D eigenvalue weighted by Crippen LogP contribution is 2.26. The van der Waals surface area contributed by atoms with Crippen LogP contribution < -0.4 is 10.1 Å². The first kappa shape index (κ1) is 14.1. The van der Waals surface area contributed by atoms with Gasteiger partial charge in [-0.3, -0.25) is 4.98 Å². The number of nitrogens with one attached hydrogen (secondary N) is 1. The molecule has 1 saturated carbocycles. The standard InChI is InChI=1S/C18H22N2O/c1-13-8-11-18(17(20-13)12-19-16-9-10-16)21-14(2)15-6-4-3-5-7-15/h3-8,11,14,16,19H,9-10,12H2,1-2H3. The third kappa shape index (κ3) is 3.82. The van der Waals surface area contributed by atoms with Crippen LogP contribution in [-0.4, -0.2) is 11.0 Å². The van der Waals surface area contributed by atoms with Gasteiger partial charge < -0.3 is 10.1 Å². The van der Waals surface area contributed by atoms with Crippen LogP contribution in [0.4, 0.5) is 0 Å². The Morgan fingerprint density at radius 1 is 1.19 bits per heavy atom. The van der Waals surface area contributed by atoms with E-state index in [4.69, 9.17) is 4.74 Å². The molecule has 0 saturated heterocycles. The second-order valence-electron chi connectivity index (χ2n) is 5.72. The molecule has 2 aromatic rings. The van der Waals surface area contributed by atoms with Gasteiger partial charge in [0.05, 0.1) is 5.69 Å². The lowest BCUT2D eigenvalue weighted by molar-refractivity contribution is 0.222. The molecule has 110 valence electrons. The molecule has 3 nitrogen and oxygen atoms in total. The van der Waals surface area contributed by atoms with Gasteiger partial charge in [0, 0.05) is 18.3 Å². The van der Waals surface area contributed by atoms with Crippen molar-refractivity contribution in [2.45, 2.75) is 45.4 Å². The summed E-state index contributed by atoms with van der Waals surface area (Å²) in [5.41, 5.74) is 3.21. The van der Waals surface area contributed by atoms with Gasteiger partial charge in [-0.15, -0.1) is 0 Å². The molecule has 21 heavy (non-hydrogen) atoms. The van der Waals surface area contributed by atoms with Crippen molar-refractivity contribution in [3.8, 4) is 5.75 Å². The first-order valence-electron chi connectivity index (χ1n) is 7.64. The molecule has 1 fully saturated rings. The molecule has 0 bridgehead atoms. The number of ether oxygens (including phenoxy) is 1. The van der Waals surface area contributed by atoms with Gasteiger partial charge in [-0.1, -0.05) is 30.3 Å². The fourth-order valence-corrected chi connectivity index (χ4v) is 2.34. The quantitative estimate of drug-likeness (QED) is 0.875. The number of nitrogens with zero attached hydrogens (tertiary/aromatic N) is 1. The lowest BCUT2D eigenvalue weighted by Crippen LogP contribution is -2.18. The molecule has 0 amide bonds. The Morgan fingerprint density at radius 2 is 1.95 bits per heavy atom. The van der Waals surface area contributed by atoms with E-state index in [0.29, 0.717) is 6.04 Å². The van der Waals surface area contributed by atoms with E-state index in [1.165, 1.54) is 18.4 Å². The van der Waals surface area contributed by atoms with E-state index in [-0.39, 0.29) is 6.10 Å². The van der Waals surface area contributed by atoms with Crippen LogP contribution in [0.15, 0.2) is 42.5 Å². The largest absolute Gasteiger partial charge is 0.484 e. The fraction of sp³-hybridized carbons (Fsp3) is 0.389. The van der Waals surface area contributed by atoms with Crippen molar-refractivity contribution in [3.63, 3.8) is 0 Å². The van der Waals surface area contributed by atoms with Crippen LogP contribution in [0.2, 0.25) is 0 Å². The molecule has 1 aliphatic carbocycles. The molecule has 0 aliphatic heterocycles. The predicted molar refractivity (Wildman–Crippen MR) is 84.3 cm³/mol. The van der Waals surface area contributed by atoms with Gasteiger partial charge in [-0.05, 0) is 44.4 Å². The van der Waals surface area contributed by atoms with Gasteiger partial charge in [0.2, 0.25) is 0 Å². The molecule has 1 atom stereocenters. The Morgan fingerprint density at radius 3 is 2.67 bits per heavy atom. The Bertz CT molecular complexity index is 593. The third-order valence-corrected chi connectivity index (χ3v) is 3.78. The molecule has 1 N–H and O–H groups in total. The Labute approximate surface area is 126 Å². The summed E-state index contributed by atoms with van der Waals surface area (Å²) < 4.78 is 6.14. The molecule has 3 rings (SSSR count). The van der Waals surface area contributed by atoms with E-state index in [1.54, 1.807) is 0 Å². The maximum Gasteiger partial charge on any atom is 0.143 e. The summed E-state index contributed by atoms with van der Waals surface area (Å²) in [5, 5.41) is 3.51. The molecular weight excluding hydrogens is 260 g/mol. The summed E-state index contributed by atoms with van der Waals surface area (Å²) in [6.07, 6.45) is 2.58. The number of benzene rings is 1. The minimum Gasteiger partial charge on any atom is -0.484 e. The topological polar surface area (TPSA) is 34.1 Å². The van der Waals surface area contributed by atoms with Gasteiger partial charge in [0.25, 0.3) is 0 Å². The summed E-state index contributed by atoms with van der Waals surface area (Å²) in [6.45, 7) is 4.88. The van der Waals surface area contributed by atoms with E-state index in [9.17, 15) is 0 Å². The van der Waals surface area contributed by atoms with Crippen molar-refractivity contribution < 1.29 is 4.74 Å². The number of pyridine rings is 1. The van der Waals surface area contributed by atoms with Gasteiger partial charge >= 0.3 is 0 Å². The predicted octanol–water partition coefficient (Wildman–Crippen LogP) is 3.78. The molecule has 0 radical (unpaired) electrons. The van der Waals surface area contributed by atoms with Crippen molar-refractivity contribution in [2.24, 2.45) is 0 Å². The van der Waals surface area contributed by atoms with E-state index < -0.39 is 0 Å². The zero-order chi connectivity index (χ0) is 14.7. The molecule has 1 aromatic carbocycles. The van der Waals surface area contributed by atoms with Gasteiger partial charge in [-0.2, -0.15) is 0 Å². The smallest absolute Gasteiger partial charge is 0.143 e. The van der Waals surface area contributed by atoms with Crippen LogP contribution in [-0.2, 0) is 6.54 Å². The van der Waals surface area contributed by atoms with Crippen LogP contribution in [0.5, 0.6) is 5.75 Å². The molecular formula is C18H22N2O. The lowest BCUT2D eigenvalue weighted by Gasteiger charge is -2.18. The van der Waals surface area contributed by atoms with E-state index >= 15 is 0 Å². The van der Waals surface area contributed by atoms with Crippen LogP contribution >= 0.6 is 0 Å². The Balaban J connectivity index is 1.73. The summed E-state index contributed by atoms with van der Waals surface area (Å²) in [6, 6.07) is 15.0. The highest BCUT2D eigenvalue weighted by molar-refractivity contribution is 5.30. The van der Waals surface area contributed by atoms with E-state index in [0.717, 1.165) is 23.7 Å². The average Bonchev–Trinajstić information content (AvgIpc) is 3.32. The van der Waals surface area contributed by atoms with Crippen LogP contribution in [0.1, 0.15) is 42.8 Å². The van der Waals surface area contributed by atoms with Crippen LogP contribution in [0, 0.1) is 6.92 Å². The summed E-state index contributed by atoms with van der Waals surface area (Å²) in [4.78, 5) is 4.63. The van der Waals surface area contributed by atoms with Crippen LogP contribution in [0.3, 0.4) is 0 Å². The number of hydrogen-bond donors (Lipinski definition) is 1. The van der Waals surface area contributed by atoms with Crippen LogP contribution in [0.25, 0.3) is 0 Å². The van der Waals surface area contributed by atoms with Crippen molar-refractivity contribution in [1.82, 2.24) is 10.3 Å².